The van der Waals surface area contributed by atoms with Crippen molar-refractivity contribution in [3.8, 4) is 0 Å². The second-order valence-electron chi connectivity index (χ2n) is 8.02. The number of benzene rings is 1. The number of likely N-dealkylation sites (N-methyl/N-ethyl adjacent to an activating group) is 1. The van der Waals surface area contributed by atoms with Crippen LogP contribution < -0.4 is 5.56 Å². The molecule has 1 aliphatic rings. The van der Waals surface area contributed by atoms with Gasteiger partial charge in [-0.15, -0.1) is 0 Å². The van der Waals surface area contributed by atoms with Crippen molar-refractivity contribution in [2.75, 3.05) is 33.2 Å². The van der Waals surface area contributed by atoms with Crippen molar-refractivity contribution in [1.29, 1.82) is 0 Å². The van der Waals surface area contributed by atoms with Gasteiger partial charge >= 0.3 is 0 Å². The minimum Gasteiger partial charge on any atom is -0.305 e. The van der Waals surface area contributed by atoms with Gasteiger partial charge in [0.15, 0.2) is 0 Å². The highest BCUT2D eigenvalue weighted by molar-refractivity contribution is 9.10. The topological polar surface area (TPSA) is 41.4 Å². The molecule has 0 saturated carbocycles. The van der Waals surface area contributed by atoms with E-state index in [1.54, 1.807) is 0 Å². The van der Waals surface area contributed by atoms with E-state index in [1.165, 1.54) is 6.42 Å². The molecule has 0 N–H and O–H groups in total. The third-order valence-electron chi connectivity index (χ3n) is 5.97. The quantitative estimate of drug-likeness (QED) is 0.660. The van der Waals surface area contributed by atoms with Gasteiger partial charge in [0.25, 0.3) is 5.56 Å². The van der Waals surface area contributed by atoms with Crippen LogP contribution >= 0.6 is 15.9 Å². The largest absolute Gasteiger partial charge is 0.305 e. The molecule has 6 heteroatoms. The van der Waals surface area contributed by atoms with Gasteiger partial charge in [-0.25, -0.2) is 4.98 Å². The van der Waals surface area contributed by atoms with Gasteiger partial charge in [-0.3, -0.25) is 14.3 Å². The van der Waals surface area contributed by atoms with Crippen LogP contribution in [0, 0.1) is 5.92 Å². The van der Waals surface area contributed by atoms with Crippen LogP contribution in [0.25, 0.3) is 10.9 Å². The number of rotatable bonds is 6. The second kappa shape index (κ2) is 9.51. The Kier molecular flexibility index (Phi) is 7.29. The molecule has 1 fully saturated rings. The van der Waals surface area contributed by atoms with E-state index in [4.69, 9.17) is 4.98 Å². The Morgan fingerprint density at radius 2 is 2.00 bits per heavy atom. The maximum absolute atomic E-state index is 13.2. The Balaban J connectivity index is 2.09. The summed E-state index contributed by atoms with van der Waals surface area (Å²) in [5.74, 6) is 1.59. The molecule has 2 heterocycles. The number of aromatic nitrogens is 2. The van der Waals surface area contributed by atoms with Crippen molar-refractivity contribution < 1.29 is 0 Å². The van der Waals surface area contributed by atoms with Crippen LogP contribution in [0.5, 0.6) is 0 Å². The molecule has 2 aromatic rings. The van der Waals surface area contributed by atoms with E-state index in [2.05, 4.69) is 46.6 Å². The first-order valence-corrected chi connectivity index (χ1v) is 11.4. The SMILES string of the molecule is CCC[C@H](c1nc2ccc(Br)cc2c(=O)n1CC)N1CCN(C)CC(CC)C1. The van der Waals surface area contributed by atoms with E-state index >= 15 is 0 Å². The van der Waals surface area contributed by atoms with Gasteiger partial charge in [-0.05, 0) is 44.5 Å². The minimum absolute atomic E-state index is 0.0730. The Morgan fingerprint density at radius 3 is 2.68 bits per heavy atom. The van der Waals surface area contributed by atoms with E-state index in [0.717, 1.165) is 54.8 Å². The zero-order chi connectivity index (χ0) is 20.3. The lowest BCUT2D eigenvalue weighted by Crippen LogP contribution is -2.38. The van der Waals surface area contributed by atoms with E-state index in [-0.39, 0.29) is 11.6 Å². The molecule has 3 rings (SSSR count). The van der Waals surface area contributed by atoms with Gasteiger partial charge in [-0.1, -0.05) is 42.6 Å². The zero-order valence-electron chi connectivity index (χ0n) is 17.6. The van der Waals surface area contributed by atoms with E-state index in [9.17, 15) is 4.79 Å². The molecule has 1 aromatic heterocycles. The van der Waals surface area contributed by atoms with Crippen LogP contribution in [-0.2, 0) is 6.54 Å². The van der Waals surface area contributed by atoms with Gasteiger partial charge in [0, 0.05) is 37.2 Å². The number of halogens is 1. The molecule has 1 unspecified atom stereocenters. The van der Waals surface area contributed by atoms with E-state index in [1.807, 2.05) is 29.7 Å². The summed E-state index contributed by atoms with van der Waals surface area (Å²) in [5, 5.41) is 0.692. The summed E-state index contributed by atoms with van der Waals surface area (Å²) < 4.78 is 2.81. The van der Waals surface area contributed by atoms with Crippen molar-refractivity contribution in [3.05, 3.63) is 38.9 Å². The summed E-state index contributed by atoms with van der Waals surface area (Å²) in [4.78, 5) is 23.3. The molecule has 0 bridgehead atoms. The predicted molar refractivity (Wildman–Crippen MR) is 120 cm³/mol. The highest BCUT2D eigenvalue weighted by atomic mass is 79.9. The smallest absolute Gasteiger partial charge is 0.261 e. The molecule has 28 heavy (non-hydrogen) atoms. The highest BCUT2D eigenvalue weighted by Crippen LogP contribution is 2.28. The average molecular weight is 449 g/mol. The fraction of sp³-hybridized carbons (Fsp3) is 0.636. The molecule has 1 aliphatic heterocycles. The van der Waals surface area contributed by atoms with E-state index in [0.29, 0.717) is 17.8 Å². The van der Waals surface area contributed by atoms with Gasteiger partial charge in [0.2, 0.25) is 0 Å². The summed E-state index contributed by atoms with van der Waals surface area (Å²) in [6, 6.07) is 6.01. The lowest BCUT2D eigenvalue weighted by Gasteiger charge is -2.33. The monoisotopic (exact) mass is 448 g/mol. The van der Waals surface area contributed by atoms with Crippen molar-refractivity contribution in [3.63, 3.8) is 0 Å². The molecule has 1 saturated heterocycles. The normalized spacial score (nSPS) is 20.4. The third-order valence-corrected chi connectivity index (χ3v) is 6.46. The molecule has 0 spiro atoms. The fourth-order valence-electron chi connectivity index (χ4n) is 4.37. The summed E-state index contributed by atoms with van der Waals surface area (Å²) in [6.45, 7) is 11.5. The Labute approximate surface area is 176 Å². The second-order valence-corrected chi connectivity index (χ2v) is 8.93. The molecule has 154 valence electrons. The van der Waals surface area contributed by atoms with Crippen molar-refractivity contribution >= 4 is 26.8 Å². The Morgan fingerprint density at radius 1 is 1.21 bits per heavy atom. The summed E-state index contributed by atoms with van der Waals surface area (Å²) in [6.07, 6.45) is 3.28. The van der Waals surface area contributed by atoms with Crippen molar-refractivity contribution in [2.45, 2.75) is 52.6 Å². The highest BCUT2D eigenvalue weighted by Gasteiger charge is 2.29. The van der Waals surface area contributed by atoms with Gasteiger partial charge in [0.1, 0.15) is 5.82 Å². The number of hydrogen-bond acceptors (Lipinski definition) is 4. The van der Waals surface area contributed by atoms with Crippen LogP contribution in [0.4, 0.5) is 0 Å². The third kappa shape index (κ3) is 4.50. The molecule has 1 aromatic carbocycles. The van der Waals surface area contributed by atoms with Crippen LogP contribution in [0.15, 0.2) is 27.5 Å². The molecular weight excluding hydrogens is 416 g/mol. The lowest BCUT2D eigenvalue weighted by molar-refractivity contribution is 0.163. The molecular formula is C22H33BrN4O. The van der Waals surface area contributed by atoms with Crippen LogP contribution in [0.1, 0.15) is 51.9 Å². The number of hydrogen-bond donors (Lipinski definition) is 0. The maximum atomic E-state index is 13.2. The molecule has 0 radical (unpaired) electrons. The number of fused-ring (bicyclic) bond motifs is 1. The van der Waals surface area contributed by atoms with Gasteiger partial charge < -0.3 is 4.90 Å². The Hall–Kier alpha value is -1.24. The molecule has 0 amide bonds. The van der Waals surface area contributed by atoms with Crippen LogP contribution in [0.2, 0.25) is 0 Å². The standard InChI is InChI=1S/C22H33BrN4O/c1-5-8-20(26-12-11-25(4)14-16(6-2)15-26)21-24-19-10-9-17(23)13-18(19)22(28)27(21)7-3/h9-10,13,16,20H,5-8,11-12,14-15H2,1-4H3/t16?,20-/m1/s1. The molecule has 2 atom stereocenters. The lowest BCUT2D eigenvalue weighted by atomic mass is 10.0. The predicted octanol–water partition coefficient (Wildman–Crippen LogP) is 4.29. The molecule has 0 aliphatic carbocycles. The van der Waals surface area contributed by atoms with Crippen molar-refractivity contribution in [2.24, 2.45) is 5.92 Å². The fourth-order valence-corrected chi connectivity index (χ4v) is 4.73. The van der Waals surface area contributed by atoms with E-state index < -0.39 is 0 Å². The Bertz CT molecular complexity index is 865. The van der Waals surface area contributed by atoms with Crippen molar-refractivity contribution in [1.82, 2.24) is 19.4 Å². The summed E-state index contributed by atoms with van der Waals surface area (Å²) >= 11 is 3.49. The summed E-state index contributed by atoms with van der Waals surface area (Å²) in [5.41, 5.74) is 0.872. The van der Waals surface area contributed by atoms with Crippen LogP contribution in [-0.4, -0.2) is 52.6 Å². The first kappa shape index (κ1) is 21.5. The first-order chi connectivity index (χ1) is 13.5. The first-order valence-electron chi connectivity index (χ1n) is 10.6. The minimum atomic E-state index is 0.0730. The van der Waals surface area contributed by atoms with Gasteiger partial charge in [0.05, 0.1) is 16.9 Å². The average Bonchev–Trinajstić information content (AvgIpc) is 2.88. The maximum Gasteiger partial charge on any atom is 0.261 e. The van der Waals surface area contributed by atoms with Crippen LogP contribution in [0.3, 0.4) is 0 Å². The summed E-state index contributed by atoms with van der Waals surface area (Å²) in [7, 11) is 2.22. The zero-order valence-corrected chi connectivity index (χ0v) is 19.2. The number of nitrogens with zero attached hydrogens (tertiary/aromatic N) is 4. The van der Waals surface area contributed by atoms with Gasteiger partial charge in [-0.2, -0.15) is 0 Å². The molecule has 5 nitrogen and oxygen atoms in total.